The molecule has 6 heteroatoms. The van der Waals surface area contributed by atoms with Crippen molar-refractivity contribution in [3.8, 4) is 0 Å². The number of nitrogens with two attached hydrogens (primary N) is 1. The highest BCUT2D eigenvalue weighted by atomic mass is 32.1. The van der Waals surface area contributed by atoms with Crippen LogP contribution < -0.4 is 15.5 Å². The molecular formula is C14H19N5S. The maximum absolute atomic E-state index is 6.04. The minimum atomic E-state index is 0.00990. The number of hydrogen-bond donors (Lipinski definition) is 1. The molecule has 1 fully saturated rings. The van der Waals surface area contributed by atoms with Gasteiger partial charge in [-0.2, -0.15) is 0 Å². The molecule has 2 aromatic heterocycles. The highest BCUT2D eigenvalue weighted by molar-refractivity contribution is 7.13. The molecule has 1 aliphatic heterocycles. The molecule has 20 heavy (non-hydrogen) atoms. The normalized spacial score (nSPS) is 17.3. The lowest BCUT2D eigenvalue weighted by molar-refractivity contribution is 0.639. The van der Waals surface area contributed by atoms with Crippen LogP contribution in [0.3, 0.4) is 0 Å². The van der Waals surface area contributed by atoms with Gasteiger partial charge in [0, 0.05) is 55.6 Å². The van der Waals surface area contributed by atoms with Gasteiger partial charge in [-0.1, -0.05) is 6.07 Å². The van der Waals surface area contributed by atoms with Gasteiger partial charge in [-0.05, 0) is 13.0 Å². The van der Waals surface area contributed by atoms with E-state index in [2.05, 4.69) is 25.8 Å². The summed E-state index contributed by atoms with van der Waals surface area (Å²) in [4.78, 5) is 13.6. The molecule has 0 saturated carbocycles. The number of rotatable bonds is 3. The van der Waals surface area contributed by atoms with Crippen LogP contribution in [0, 0.1) is 0 Å². The second-order valence-electron chi connectivity index (χ2n) is 4.99. The summed E-state index contributed by atoms with van der Waals surface area (Å²) in [7, 11) is 0. The molecule has 106 valence electrons. The second-order valence-corrected chi connectivity index (χ2v) is 5.87. The maximum atomic E-state index is 6.04. The van der Waals surface area contributed by atoms with E-state index < -0.39 is 0 Å². The van der Waals surface area contributed by atoms with Gasteiger partial charge in [0.1, 0.15) is 5.82 Å². The first kappa shape index (κ1) is 13.3. The number of aromatic nitrogens is 2. The summed E-state index contributed by atoms with van der Waals surface area (Å²) in [6.45, 7) is 5.86. The Bertz CT molecular complexity index is 546. The van der Waals surface area contributed by atoms with E-state index >= 15 is 0 Å². The first-order valence-corrected chi connectivity index (χ1v) is 7.73. The summed E-state index contributed by atoms with van der Waals surface area (Å²) in [5, 5.41) is 3.13. The molecule has 1 saturated heterocycles. The van der Waals surface area contributed by atoms with E-state index in [0.29, 0.717) is 0 Å². The SMILES string of the molecule is C[C@H](N)c1cccnc1N1CCN(c2nccs2)CC1. The highest BCUT2D eigenvalue weighted by Crippen LogP contribution is 2.25. The molecule has 3 rings (SSSR count). The molecule has 0 unspecified atom stereocenters. The highest BCUT2D eigenvalue weighted by Gasteiger charge is 2.22. The predicted octanol–water partition coefficient (Wildman–Crippen LogP) is 1.88. The fourth-order valence-corrected chi connectivity index (χ4v) is 3.21. The molecule has 2 N–H and O–H groups in total. The molecule has 0 radical (unpaired) electrons. The lowest BCUT2D eigenvalue weighted by atomic mass is 10.1. The van der Waals surface area contributed by atoms with Crippen LogP contribution in [0.15, 0.2) is 29.9 Å². The Morgan fingerprint density at radius 1 is 1.15 bits per heavy atom. The van der Waals surface area contributed by atoms with E-state index in [1.165, 1.54) is 0 Å². The molecular weight excluding hydrogens is 270 g/mol. The van der Waals surface area contributed by atoms with Crippen LogP contribution in [0.5, 0.6) is 0 Å². The lowest BCUT2D eigenvalue weighted by Crippen LogP contribution is -2.47. The van der Waals surface area contributed by atoms with Crippen molar-refractivity contribution in [2.75, 3.05) is 36.0 Å². The summed E-state index contributed by atoms with van der Waals surface area (Å²) < 4.78 is 0. The number of nitrogens with zero attached hydrogens (tertiary/aromatic N) is 4. The first-order chi connectivity index (χ1) is 9.75. The van der Waals surface area contributed by atoms with Crippen molar-refractivity contribution < 1.29 is 0 Å². The summed E-state index contributed by atoms with van der Waals surface area (Å²) in [6.07, 6.45) is 3.70. The lowest BCUT2D eigenvalue weighted by Gasteiger charge is -2.36. The topological polar surface area (TPSA) is 58.3 Å². The fraction of sp³-hybridized carbons (Fsp3) is 0.429. The van der Waals surface area contributed by atoms with Gasteiger partial charge in [0.15, 0.2) is 5.13 Å². The minimum Gasteiger partial charge on any atom is -0.353 e. The number of piperazine rings is 1. The van der Waals surface area contributed by atoms with Crippen LogP contribution in [-0.2, 0) is 0 Å². The van der Waals surface area contributed by atoms with Gasteiger partial charge in [0.2, 0.25) is 0 Å². The molecule has 5 nitrogen and oxygen atoms in total. The maximum Gasteiger partial charge on any atom is 0.185 e. The largest absolute Gasteiger partial charge is 0.353 e. The van der Waals surface area contributed by atoms with E-state index in [1.54, 1.807) is 11.3 Å². The molecule has 0 aliphatic carbocycles. The van der Waals surface area contributed by atoms with Crippen LogP contribution in [-0.4, -0.2) is 36.1 Å². The Hall–Kier alpha value is -1.66. The molecule has 0 aromatic carbocycles. The predicted molar refractivity (Wildman–Crippen MR) is 83.4 cm³/mol. The molecule has 0 bridgehead atoms. The van der Waals surface area contributed by atoms with E-state index in [0.717, 1.165) is 42.7 Å². The van der Waals surface area contributed by atoms with E-state index in [9.17, 15) is 0 Å². The van der Waals surface area contributed by atoms with Gasteiger partial charge in [-0.25, -0.2) is 9.97 Å². The Labute approximate surface area is 123 Å². The number of thiazole rings is 1. The summed E-state index contributed by atoms with van der Waals surface area (Å²) in [5.74, 6) is 1.03. The van der Waals surface area contributed by atoms with Crippen molar-refractivity contribution in [3.05, 3.63) is 35.5 Å². The van der Waals surface area contributed by atoms with Gasteiger partial charge >= 0.3 is 0 Å². The third-order valence-corrected chi connectivity index (χ3v) is 4.41. The zero-order valence-electron chi connectivity index (χ0n) is 11.6. The average Bonchev–Trinajstić information content (AvgIpc) is 3.02. The fourth-order valence-electron chi connectivity index (χ4n) is 2.51. The summed E-state index contributed by atoms with van der Waals surface area (Å²) in [5.41, 5.74) is 7.16. The number of pyridine rings is 1. The van der Waals surface area contributed by atoms with Crippen LogP contribution >= 0.6 is 11.3 Å². The Kier molecular flexibility index (Phi) is 3.84. The monoisotopic (exact) mass is 289 g/mol. The Balaban J connectivity index is 1.72. The quantitative estimate of drug-likeness (QED) is 0.935. The van der Waals surface area contributed by atoms with Crippen LogP contribution in [0.25, 0.3) is 0 Å². The smallest absolute Gasteiger partial charge is 0.185 e. The average molecular weight is 289 g/mol. The van der Waals surface area contributed by atoms with Crippen molar-refractivity contribution in [1.82, 2.24) is 9.97 Å². The van der Waals surface area contributed by atoms with E-state index in [-0.39, 0.29) is 6.04 Å². The molecule has 2 aromatic rings. The van der Waals surface area contributed by atoms with Crippen LogP contribution in [0.2, 0.25) is 0 Å². The zero-order valence-corrected chi connectivity index (χ0v) is 12.4. The Morgan fingerprint density at radius 2 is 1.90 bits per heavy atom. The van der Waals surface area contributed by atoms with Gasteiger partial charge in [0.25, 0.3) is 0 Å². The van der Waals surface area contributed by atoms with E-state index in [4.69, 9.17) is 5.73 Å². The van der Waals surface area contributed by atoms with E-state index in [1.807, 2.05) is 30.8 Å². The standard InChI is InChI=1S/C14H19N5S/c1-11(15)12-3-2-4-16-13(12)18-6-8-19(9-7-18)14-17-5-10-20-14/h2-5,10-11H,6-9,15H2,1H3/t11-/m0/s1. The molecule has 0 amide bonds. The Morgan fingerprint density at radius 3 is 2.55 bits per heavy atom. The van der Waals surface area contributed by atoms with Gasteiger partial charge in [-0.15, -0.1) is 11.3 Å². The second kappa shape index (κ2) is 5.76. The number of hydrogen-bond acceptors (Lipinski definition) is 6. The molecule has 0 spiro atoms. The molecule has 1 aliphatic rings. The first-order valence-electron chi connectivity index (χ1n) is 6.85. The molecule has 1 atom stereocenters. The van der Waals surface area contributed by atoms with Gasteiger partial charge in [0.05, 0.1) is 0 Å². The van der Waals surface area contributed by atoms with Crippen molar-refractivity contribution in [1.29, 1.82) is 0 Å². The van der Waals surface area contributed by atoms with Gasteiger partial charge < -0.3 is 15.5 Å². The third-order valence-electron chi connectivity index (χ3n) is 3.58. The van der Waals surface area contributed by atoms with Crippen molar-refractivity contribution in [2.45, 2.75) is 13.0 Å². The van der Waals surface area contributed by atoms with Crippen molar-refractivity contribution in [3.63, 3.8) is 0 Å². The molecule has 3 heterocycles. The van der Waals surface area contributed by atoms with Crippen molar-refractivity contribution >= 4 is 22.3 Å². The number of anilines is 2. The summed E-state index contributed by atoms with van der Waals surface area (Å²) in [6, 6.07) is 4.03. The minimum absolute atomic E-state index is 0.00990. The van der Waals surface area contributed by atoms with Crippen LogP contribution in [0.1, 0.15) is 18.5 Å². The van der Waals surface area contributed by atoms with Crippen molar-refractivity contribution in [2.24, 2.45) is 5.73 Å². The third kappa shape index (κ3) is 2.62. The zero-order chi connectivity index (χ0) is 13.9. The van der Waals surface area contributed by atoms with Crippen LogP contribution in [0.4, 0.5) is 10.9 Å². The summed E-state index contributed by atoms with van der Waals surface area (Å²) >= 11 is 1.70. The van der Waals surface area contributed by atoms with Gasteiger partial charge in [-0.3, -0.25) is 0 Å².